The summed E-state index contributed by atoms with van der Waals surface area (Å²) in [6.45, 7) is 0.499. The van der Waals surface area contributed by atoms with Crippen molar-refractivity contribution in [2.45, 2.75) is 31.3 Å². The Kier molecular flexibility index (Phi) is 4.30. The molecular weight excluding hydrogens is 340 g/mol. The van der Waals surface area contributed by atoms with E-state index in [1.807, 2.05) is 36.4 Å². The first-order valence-electron chi connectivity index (χ1n) is 8.42. The normalized spacial score (nSPS) is 20.6. The highest BCUT2D eigenvalue weighted by Crippen LogP contribution is 2.41. The van der Waals surface area contributed by atoms with Gasteiger partial charge in [0.25, 0.3) is 0 Å². The van der Waals surface area contributed by atoms with Crippen LogP contribution in [-0.4, -0.2) is 19.7 Å². The third-order valence-corrected chi connectivity index (χ3v) is 5.15. The molecule has 1 aliphatic carbocycles. The maximum absolute atomic E-state index is 11.5. The number of ether oxygens (including phenoxy) is 3. The molecule has 4 nitrogen and oxygen atoms in total. The third kappa shape index (κ3) is 3.19. The zero-order valence-corrected chi connectivity index (χ0v) is 14.7. The van der Waals surface area contributed by atoms with Crippen LogP contribution in [0.2, 0.25) is 5.02 Å². The number of benzene rings is 2. The van der Waals surface area contributed by atoms with E-state index >= 15 is 0 Å². The Morgan fingerprint density at radius 1 is 1.24 bits per heavy atom. The summed E-state index contributed by atoms with van der Waals surface area (Å²) in [5.41, 5.74) is 3.50. The van der Waals surface area contributed by atoms with Crippen LogP contribution in [0.3, 0.4) is 0 Å². The summed E-state index contributed by atoms with van der Waals surface area (Å²) in [5, 5.41) is 0.766. The van der Waals surface area contributed by atoms with Gasteiger partial charge in [-0.2, -0.15) is 0 Å². The first kappa shape index (κ1) is 16.3. The van der Waals surface area contributed by atoms with E-state index in [1.165, 1.54) is 18.2 Å². The average molecular weight is 359 g/mol. The maximum Gasteiger partial charge on any atom is 0.306 e. The number of hydrogen-bond acceptors (Lipinski definition) is 4. The van der Waals surface area contributed by atoms with Crippen LogP contribution in [0.25, 0.3) is 0 Å². The van der Waals surface area contributed by atoms with Crippen molar-refractivity contribution in [3.05, 3.63) is 58.1 Å². The van der Waals surface area contributed by atoms with Crippen molar-refractivity contribution in [3.63, 3.8) is 0 Å². The van der Waals surface area contributed by atoms with Crippen molar-refractivity contribution < 1.29 is 19.0 Å². The average Bonchev–Trinajstić information content (AvgIpc) is 3.19. The molecule has 0 spiro atoms. The summed E-state index contributed by atoms with van der Waals surface area (Å²) in [6.07, 6.45) is 2.29. The van der Waals surface area contributed by atoms with Gasteiger partial charge in [0.15, 0.2) is 0 Å². The van der Waals surface area contributed by atoms with Crippen molar-refractivity contribution in [1.29, 1.82) is 0 Å². The van der Waals surface area contributed by atoms with Crippen LogP contribution < -0.4 is 9.47 Å². The van der Waals surface area contributed by atoms with Crippen LogP contribution in [-0.2, 0) is 16.0 Å². The highest BCUT2D eigenvalue weighted by atomic mass is 35.5. The number of rotatable bonds is 4. The van der Waals surface area contributed by atoms with E-state index in [1.54, 1.807) is 0 Å². The Morgan fingerprint density at radius 3 is 2.92 bits per heavy atom. The molecule has 0 saturated heterocycles. The van der Waals surface area contributed by atoms with E-state index in [2.05, 4.69) is 0 Å². The number of hydrogen-bond donors (Lipinski definition) is 0. The highest BCUT2D eigenvalue weighted by molar-refractivity contribution is 6.30. The SMILES string of the molecule is COC(=O)C[C@@H]1COc2cc(O[C@@H]3CCc4cc(Cl)ccc43)ccc21. The molecule has 1 heterocycles. The minimum atomic E-state index is -0.219. The Balaban J connectivity index is 1.50. The Hall–Kier alpha value is -2.20. The molecule has 0 fully saturated rings. The molecule has 4 rings (SSSR count). The van der Waals surface area contributed by atoms with Crippen molar-refractivity contribution in [2.24, 2.45) is 0 Å². The molecule has 130 valence electrons. The monoisotopic (exact) mass is 358 g/mol. The highest BCUT2D eigenvalue weighted by Gasteiger charge is 2.28. The van der Waals surface area contributed by atoms with Crippen LogP contribution in [0.15, 0.2) is 36.4 Å². The summed E-state index contributed by atoms with van der Waals surface area (Å²) < 4.78 is 16.7. The Bertz CT molecular complexity index is 817. The second kappa shape index (κ2) is 6.60. The van der Waals surface area contributed by atoms with Crippen LogP contribution in [0.4, 0.5) is 0 Å². The zero-order valence-electron chi connectivity index (χ0n) is 14.0. The molecule has 0 saturated carbocycles. The van der Waals surface area contributed by atoms with Gasteiger partial charge in [0.1, 0.15) is 17.6 Å². The lowest BCUT2D eigenvalue weighted by Gasteiger charge is -2.16. The Labute approximate surface area is 151 Å². The van der Waals surface area contributed by atoms with Gasteiger partial charge in [-0.15, -0.1) is 0 Å². The Morgan fingerprint density at radius 2 is 2.08 bits per heavy atom. The fraction of sp³-hybridized carbons (Fsp3) is 0.350. The number of halogens is 1. The first-order chi connectivity index (χ1) is 12.1. The summed E-state index contributed by atoms with van der Waals surface area (Å²) in [5.74, 6) is 1.40. The smallest absolute Gasteiger partial charge is 0.306 e. The predicted octanol–water partition coefficient (Wildman–Crippen LogP) is 4.45. The van der Waals surface area contributed by atoms with Crippen LogP contribution in [0.5, 0.6) is 11.5 Å². The molecule has 2 aromatic rings. The molecule has 2 atom stereocenters. The van der Waals surface area contributed by atoms with Gasteiger partial charge in [-0.1, -0.05) is 23.7 Å². The van der Waals surface area contributed by atoms with Gasteiger partial charge >= 0.3 is 5.97 Å². The van der Waals surface area contributed by atoms with Crippen molar-refractivity contribution in [1.82, 2.24) is 0 Å². The minimum absolute atomic E-state index is 0.0394. The van der Waals surface area contributed by atoms with Crippen LogP contribution in [0.1, 0.15) is 41.6 Å². The van der Waals surface area contributed by atoms with Crippen LogP contribution >= 0.6 is 11.6 Å². The fourth-order valence-corrected chi connectivity index (χ4v) is 3.81. The second-order valence-corrected chi connectivity index (χ2v) is 6.91. The quantitative estimate of drug-likeness (QED) is 0.758. The van der Waals surface area contributed by atoms with Gasteiger partial charge < -0.3 is 14.2 Å². The lowest BCUT2D eigenvalue weighted by atomic mass is 9.98. The molecule has 25 heavy (non-hydrogen) atoms. The van der Waals surface area contributed by atoms with E-state index in [0.29, 0.717) is 13.0 Å². The minimum Gasteiger partial charge on any atom is -0.492 e. The number of carbonyl (C=O) groups is 1. The van der Waals surface area contributed by atoms with Gasteiger partial charge in [-0.25, -0.2) is 0 Å². The lowest BCUT2D eigenvalue weighted by molar-refractivity contribution is -0.141. The third-order valence-electron chi connectivity index (χ3n) is 4.91. The molecule has 0 N–H and O–H groups in total. The van der Waals surface area contributed by atoms with E-state index in [-0.39, 0.29) is 18.0 Å². The summed E-state index contributed by atoms with van der Waals surface area (Å²) >= 11 is 6.07. The molecule has 2 aliphatic rings. The van der Waals surface area contributed by atoms with Crippen molar-refractivity contribution in [2.75, 3.05) is 13.7 Å². The number of esters is 1. The van der Waals surface area contributed by atoms with E-state index in [9.17, 15) is 4.79 Å². The molecule has 0 unspecified atom stereocenters. The fourth-order valence-electron chi connectivity index (χ4n) is 3.62. The van der Waals surface area contributed by atoms with Gasteiger partial charge in [-0.3, -0.25) is 4.79 Å². The molecule has 0 bridgehead atoms. The molecule has 0 aromatic heterocycles. The number of methoxy groups -OCH3 is 1. The largest absolute Gasteiger partial charge is 0.492 e. The second-order valence-electron chi connectivity index (χ2n) is 6.48. The van der Waals surface area contributed by atoms with Gasteiger partial charge in [0, 0.05) is 22.6 Å². The molecular formula is C20H19ClO4. The van der Waals surface area contributed by atoms with Crippen LogP contribution in [0, 0.1) is 0 Å². The first-order valence-corrected chi connectivity index (χ1v) is 8.80. The number of aryl methyl sites for hydroxylation is 1. The van der Waals surface area contributed by atoms with E-state index < -0.39 is 0 Å². The summed E-state index contributed by atoms with van der Waals surface area (Å²) in [4.78, 5) is 11.5. The molecule has 0 amide bonds. The van der Waals surface area contributed by atoms with E-state index in [0.717, 1.165) is 34.9 Å². The maximum atomic E-state index is 11.5. The summed E-state index contributed by atoms with van der Waals surface area (Å²) in [7, 11) is 1.41. The van der Waals surface area contributed by atoms with Gasteiger partial charge in [0.2, 0.25) is 0 Å². The van der Waals surface area contributed by atoms with Crippen molar-refractivity contribution in [3.8, 4) is 11.5 Å². The standard InChI is InChI=1S/C20H19ClO4/c1-23-20(22)9-13-11-24-19-10-15(4-6-17(13)19)25-18-7-2-12-8-14(21)3-5-16(12)18/h3-6,8,10,13,18H,2,7,9,11H2,1H3/t13-,18-/m1/s1. The van der Waals surface area contributed by atoms with Crippen molar-refractivity contribution >= 4 is 17.6 Å². The lowest BCUT2D eigenvalue weighted by Crippen LogP contribution is -2.09. The van der Waals surface area contributed by atoms with Gasteiger partial charge in [0.05, 0.1) is 20.1 Å². The molecule has 2 aromatic carbocycles. The topological polar surface area (TPSA) is 44.8 Å². The molecule has 0 radical (unpaired) electrons. The van der Waals surface area contributed by atoms with Gasteiger partial charge in [-0.05, 0) is 42.2 Å². The van der Waals surface area contributed by atoms with E-state index in [4.69, 9.17) is 25.8 Å². The molecule has 1 aliphatic heterocycles. The molecule has 5 heteroatoms. The number of carbonyl (C=O) groups excluding carboxylic acids is 1. The number of fused-ring (bicyclic) bond motifs is 2. The predicted molar refractivity (Wildman–Crippen MR) is 94.5 cm³/mol. The summed E-state index contributed by atoms with van der Waals surface area (Å²) in [6, 6.07) is 11.8. The zero-order chi connectivity index (χ0) is 17.4.